The molecular weight excluding hydrogens is 220 g/mol. The van der Waals surface area contributed by atoms with E-state index in [9.17, 15) is 0 Å². The van der Waals surface area contributed by atoms with Crippen LogP contribution >= 0.6 is 0 Å². The summed E-state index contributed by atoms with van der Waals surface area (Å²) < 4.78 is 0. The van der Waals surface area contributed by atoms with Crippen LogP contribution in [0, 0.1) is 5.92 Å². The van der Waals surface area contributed by atoms with Crippen LogP contribution in [-0.2, 0) is 0 Å². The van der Waals surface area contributed by atoms with Crippen LogP contribution in [0.15, 0.2) is 0 Å². The van der Waals surface area contributed by atoms with Gasteiger partial charge in [-0.05, 0) is 39.0 Å². The van der Waals surface area contributed by atoms with E-state index in [0.717, 1.165) is 5.92 Å². The summed E-state index contributed by atoms with van der Waals surface area (Å²) in [6.07, 6.45) is 8.45. The molecule has 0 aromatic rings. The molecule has 106 valence electrons. The summed E-state index contributed by atoms with van der Waals surface area (Å²) in [4.78, 5) is 2.83. The topological polar surface area (TPSA) is 15.3 Å². The molecule has 2 aliphatic rings. The Morgan fingerprint density at radius 3 is 2.50 bits per heavy atom. The van der Waals surface area contributed by atoms with Crippen molar-refractivity contribution in [2.75, 3.05) is 13.1 Å². The molecule has 2 unspecified atom stereocenters. The number of nitrogens with zero attached hydrogens (tertiary/aromatic N) is 1. The first kappa shape index (κ1) is 14.3. The van der Waals surface area contributed by atoms with Gasteiger partial charge >= 0.3 is 0 Å². The first-order valence-corrected chi connectivity index (χ1v) is 8.01. The van der Waals surface area contributed by atoms with Gasteiger partial charge in [0.25, 0.3) is 0 Å². The molecule has 0 bridgehead atoms. The molecule has 0 amide bonds. The van der Waals surface area contributed by atoms with Crippen LogP contribution in [0.3, 0.4) is 0 Å². The van der Waals surface area contributed by atoms with E-state index in [4.69, 9.17) is 0 Å². The van der Waals surface area contributed by atoms with Crippen molar-refractivity contribution in [3.8, 4) is 0 Å². The van der Waals surface area contributed by atoms with Gasteiger partial charge in [-0.2, -0.15) is 0 Å². The molecule has 0 spiro atoms. The van der Waals surface area contributed by atoms with E-state index in [0.29, 0.717) is 17.6 Å². The molecule has 1 heterocycles. The van der Waals surface area contributed by atoms with Gasteiger partial charge in [0.1, 0.15) is 0 Å². The number of nitrogens with one attached hydrogen (secondary N) is 1. The molecule has 1 saturated heterocycles. The number of rotatable bonds is 3. The van der Waals surface area contributed by atoms with Gasteiger partial charge in [-0.25, -0.2) is 0 Å². The van der Waals surface area contributed by atoms with Gasteiger partial charge < -0.3 is 5.32 Å². The predicted molar refractivity (Wildman–Crippen MR) is 78.9 cm³/mol. The first-order chi connectivity index (χ1) is 8.51. The van der Waals surface area contributed by atoms with E-state index in [2.05, 4.69) is 37.9 Å². The van der Waals surface area contributed by atoms with Crippen LogP contribution < -0.4 is 5.32 Å². The molecule has 1 aliphatic carbocycles. The Morgan fingerprint density at radius 1 is 1.22 bits per heavy atom. The van der Waals surface area contributed by atoms with E-state index in [1.807, 2.05) is 0 Å². The van der Waals surface area contributed by atoms with Gasteiger partial charge in [0, 0.05) is 30.7 Å². The molecule has 18 heavy (non-hydrogen) atoms. The highest BCUT2D eigenvalue weighted by Crippen LogP contribution is 2.35. The third-order valence-electron chi connectivity index (χ3n) is 5.03. The Kier molecular flexibility index (Phi) is 4.71. The fraction of sp³-hybridized carbons (Fsp3) is 1.00. The van der Waals surface area contributed by atoms with Crippen molar-refractivity contribution in [2.24, 2.45) is 5.92 Å². The predicted octanol–water partition coefficient (Wildman–Crippen LogP) is 3.42. The average Bonchev–Trinajstić information content (AvgIpc) is 2.32. The van der Waals surface area contributed by atoms with Crippen LogP contribution in [0.2, 0.25) is 0 Å². The van der Waals surface area contributed by atoms with Crippen molar-refractivity contribution in [2.45, 2.75) is 83.8 Å². The smallest absolute Gasteiger partial charge is 0.0198 e. The Morgan fingerprint density at radius 2 is 1.89 bits per heavy atom. The summed E-state index contributed by atoms with van der Waals surface area (Å²) in [7, 11) is 0. The van der Waals surface area contributed by atoms with Crippen molar-refractivity contribution >= 4 is 0 Å². The summed E-state index contributed by atoms with van der Waals surface area (Å²) in [5.41, 5.74) is 0.481. The zero-order valence-corrected chi connectivity index (χ0v) is 12.8. The highest BCUT2D eigenvalue weighted by molar-refractivity contribution is 4.96. The minimum atomic E-state index is 0.481. The van der Waals surface area contributed by atoms with E-state index < -0.39 is 0 Å². The highest BCUT2D eigenvalue weighted by Gasteiger charge is 2.39. The SMILES string of the molecule is CC(C)CC1CN(C2(C)CCCCC2)C(C)CN1. The molecule has 2 heteroatoms. The van der Waals surface area contributed by atoms with Crippen molar-refractivity contribution < 1.29 is 0 Å². The first-order valence-electron chi connectivity index (χ1n) is 8.01. The third kappa shape index (κ3) is 3.27. The average molecular weight is 252 g/mol. The minimum absolute atomic E-state index is 0.481. The van der Waals surface area contributed by atoms with Crippen LogP contribution in [0.25, 0.3) is 0 Å². The summed E-state index contributed by atoms with van der Waals surface area (Å²) >= 11 is 0. The molecule has 0 aromatic heterocycles. The largest absolute Gasteiger partial charge is 0.311 e. The summed E-state index contributed by atoms with van der Waals surface area (Å²) in [5, 5.41) is 3.74. The van der Waals surface area contributed by atoms with Gasteiger partial charge in [0.05, 0.1) is 0 Å². The Hall–Kier alpha value is -0.0800. The lowest BCUT2D eigenvalue weighted by atomic mass is 9.80. The Balaban J connectivity index is 2.00. The second kappa shape index (κ2) is 5.92. The molecule has 0 radical (unpaired) electrons. The second-order valence-electron chi connectivity index (χ2n) is 7.29. The lowest BCUT2D eigenvalue weighted by Gasteiger charge is -2.51. The lowest BCUT2D eigenvalue weighted by Crippen LogP contribution is -2.63. The maximum absolute atomic E-state index is 3.74. The maximum atomic E-state index is 3.74. The minimum Gasteiger partial charge on any atom is -0.311 e. The summed E-state index contributed by atoms with van der Waals surface area (Å²) in [5.74, 6) is 0.803. The van der Waals surface area contributed by atoms with Crippen molar-refractivity contribution in [3.05, 3.63) is 0 Å². The second-order valence-corrected chi connectivity index (χ2v) is 7.29. The van der Waals surface area contributed by atoms with E-state index in [1.54, 1.807) is 0 Å². The zero-order chi connectivity index (χ0) is 13.2. The summed E-state index contributed by atoms with van der Waals surface area (Å²) in [6.45, 7) is 12.0. The normalized spacial score (nSPS) is 33.8. The fourth-order valence-electron chi connectivity index (χ4n) is 4.01. The molecular formula is C16H32N2. The highest BCUT2D eigenvalue weighted by atomic mass is 15.3. The van der Waals surface area contributed by atoms with Crippen molar-refractivity contribution in [1.29, 1.82) is 0 Å². The molecule has 2 rings (SSSR count). The molecule has 2 fully saturated rings. The van der Waals surface area contributed by atoms with Crippen LogP contribution in [0.4, 0.5) is 0 Å². The van der Waals surface area contributed by atoms with Crippen molar-refractivity contribution in [1.82, 2.24) is 10.2 Å². The zero-order valence-electron chi connectivity index (χ0n) is 12.8. The van der Waals surface area contributed by atoms with E-state index >= 15 is 0 Å². The van der Waals surface area contributed by atoms with Crippen LogP contribution in [-0.4, -0.2) is 35.6 Å². The maximum Gasteiger partial charge on any atom is 0.0198 e. The number of piperazine rings is 1. The molecule has 2 nitrogen and oxygen atoms in total. The van der Waals surface area contributed by atoms with Crippen molar-refractivity contribution in [3.63, 3.8) is 0 Å². The van der Waals surface area contributed by atoms with Crippen LogP contribution in [0.1, 0.15) is 66.2 Å². The quantitative estimate of drug-likeness (QED) is 0.828. The number of hydrogen-bond donors (Lipinski definition) is 1. The van der Waals surface area contributed by atoms with E-state index in [-0.39, 0.29) is 0 Å². The van der Waals surface area contributed by atoms with Crippen LogP contribution in [0.5, 0.6) is 0 Å². The monoisotopic (exact) mass is 252 g/mol. The van der Waals surface area contributed by atoms with E-state index in [1.165, 1.54) is 51.6 Å². The fourth-order valence-corrected chi connectivity index (χ4v) is 4.01. The number of hydrogen-bond acceptors (Lipinski definition) is 2. The van der Waals surface area contributed by atoms with Gasteiger partial charge in [0.2, 0.25) is 0 Å². The third-order valence-corrected chi connectivity index (χ3v) is 5.03. The lowest BCUT2D eigenvalue weighted by molar-refractivity contribution is 0.000695. The molecule has 1 saturated carbocycles. The van der Waals surface area contributed by atoms with Gasteiger partial charge in [-0.3, -0.25) is 4.90 Å². The molecule has 1 N–H and O–H groups in total. The van der Waals surface area contributed by atoms with Gasteiger partial charge in [-0.1, -0.05) is 33.1 Å². The molecule has 0 aromatic carbocycles. The molecule has 2 atom stereocenters. The summed E-state index contributed by atoms with van der Waals surface area (Å²) in [6, 6.07) is 1.41. The standard InChI is InChI=1S/C16H32N2/c1-13(2)10-15-12-18(14(3)11-17-15)16(4)8-6-5-7-9-16/h13-15,17H,5-12H2,1-4H3. The Labute approximate surface area is 114 Å². The van der Waals surface area contributed by atoms with Gasteiger partial charge in [-0.15, -0.1) is 0 Å². The van der Waals surface area contributed by atoms with Gasteiger partial charge in [0.15, 0.2) is 0 Å². The Bertz CT molecular complexity index is 256. The molecule has 1 aliphatic heterocycles.